The summed E-state index contributed by atoms with van der Waals surface area (Å²) in [4.78, 5) is 10.6. The van der Waals surface area contributed by atoms with Gasteiger partial charge in [0.25, 0.3) is 0 Å². The summed E-state index contributed by atoms with van der Waals surface area (Å²) in [5.41, 5.74) is 8.69. The molecule has 2 rings (SSSR count). The molecule has 0 saturated heterocycles. The van der Waals surface area contributed by atoms with Gasteiger partial charge in [-0.05, 0) is 11.6 Å². The van der Waals surface area contributed by atoms with Gasteiger partial charge in [0, 0.05) is 32.4 Å². The minimum Gasteiger partial charge on any atom is -0.347 e. The third kappa shape index (κ3) is 2.60. The van der Waals surface area contributed by atoms with Crippen LogP contribution < -0.4 is 10.6 Å². The average Bonchev–Trinajstić information content (AvgIpc) is 2.39. The van der Waals surface area contributed by atoms with Crippen molar-refractivity contribution in [2.24, 2.45) is 5.73 Å². The standard InChI is InChI=1S/C13H16N4/c1-17(2)13-15-8-7-12(16-13)11-5-3-10(9-14)4-6-11/h3-8H,9,14H2,1-2H3. The third-order valence-electron chi connectivity index (χ3n) is 2.53. The molecular weight excluding hydrogens is 212 g/mol. The van der Waals surface area contributed by atoms with Crippen molar-refractivity contribution in [1.29, 1.82) is 0 Å². The highest BCUT2D eigenvalue weighted by Crippen LogP contribution is 2.18. The van der Waals surface area contributed by atoms with Gasteiger partial charge in [0.2, 0.25) is 5.95 Å². The fourth-order valence-electron chi connectivity index (χ4n) is 1.54. The number of hydrogen-bond acceptors (Lipinski definition) is 4. The van der Waals surface area contributed by atoms with Gasteiger partial charge in [-0.2, -0.15) is 0 Å². The number of anilines is 1. The second-order valence-electron chi connectivity index (χ2n) is 4.04. The van der Waals surface area contributed by atoms with E-state index in [1.807, 2.05) is 49.3 Å². The SMILES string of the molecule is CN(C)c1nccc(-c2ccc(CN)cc2)n1. The number of nitrogens with two attached hydrogens (primary N) is 1. The molecule has 1 heterocycles. The van der Waals surface area contributed by atoms with Crippen molar-refractivity contribution in [3.05, 3.63) is 42.1 Å². The molecule has 88 valence electrons. The predicted octanol–water partition coefficient (Wildman–Crippen LogP) is 1.67. The normalized spacial score (nSPS) is 10.3. The van der Waals surface area contributed by atoms with E-state index in [4.69, 9.17) is 5.73 Å². The van der Waals surface area contributed by atoms with Crippen LogP contribution >= 0.6 is 0 Å². The summed E-state index contributed by atoms with van der Waals surface area (Å²) in [6, 6.07) is 10.0. The zero-order valence-corrected chi connectivity index (χ0v) is 10.1. The molecule has 4 heteroatoms. The van der Waals surface area contributed by atoms with Crippen LogP contribution in [0.5, 0.6) is 0 Å². The summed E-state index contributed by atoms with van der Waals surface area (Å²) in [5, 5.41) is 0. The first-order valence-electron chi connectivity index (χ1n) is 5.50. The van der Waals surface area contributed by atoms with Crippen molar-refractivity contribution < 1.29 is 0 Å². The molecule has 0 radical (unpaired) electrons. The number of benzene rings is 1. The van der Waals surface area contributed by atoms with E-state index in [-0.39, 0.29) is 0 Å². The van der Waals surface area contributed by atoms with Gasteiger partial charge in [-0.15, -0.1) is 0 Å². The van der Waals surface area contributed by atoms with Crippen molar-refractivity contribution in [2.45, 2.75) is 6.54 Å². The second kappa shape index (κ2) is 4.93. The van der Waals surface area contributed by atoms with Crippen molar-refractivity contribution in [2.75, 3.05) is 19.0 Å². The van der Waals surface area contributed by atoms with Crippen LogP contribution in [-0.2, 0) is 6.54 Å². The van der Waals surface area contributed by atoms with E-state index in [1.165, 1.54) is 0 Å². The topological polar surface area (TPSA) is 55.0 Å². The zero-order valence-electron chi connectivity index (χ0n) is 10.1. The third-order valence-corrected chi connectivity index (χ3v) is 2.53. The Balaban J connectivity index is 2.35. The van der Waals surface area contributed by atoms with Crippen LogP contribution in [-0.4, -0.2) is 24.1 Å². The first-order chi connectivity index (χ1) is 8.20. The van der Waals surface area contributed by atoms with E-state index in [1.54, 1.807) is 6.20 Å². The smallest absolute Gasteiger partial charge is 0.225 e. The number of rotatable bonds is 3. The first-order valence-corrected chi connectivity index (χ1v) is 5.50. The highest BCUT2D eigenvalue weighted by atomic mass is 15.2. The summed E-state index contributed by atoms with van der Waals surface area (Å²) in [5.74, 6) is 0.713. The van der Waals surface area contributed by atoms with Crippen molar-refractivity contribution in [3.8, 4) is 11.3 Å². The van der Waals surface area contributed by atoms with Crippen LogP contribution in [0.3, 0.4) is 0 Å². The van der Waals surface area contributed by atoms with Gasteiger partial charge in [0.1, 0.15) is 0 Å². The van der Waals surface area contributed by atoms with E-state index in [0.717, 1.165) is 16.8 Å². The van der Waals surface area contributed by atoms with Crippen LogP contribution in [0.15, 0.2) is 36.5 Å². The Kier molecular flexibility index (Phi) is 3.35. The average molecular weight is 228 g/mol. The Morgan fingerprint density at radius 2 is 1.82 bits per heavy atom. The van der Waals surface area contributed by atoms with Gasteiger partial charge in [-0.3, -0.25) is 0 Å². The Morgan fingerprint density at radius 1 is 1.12 bits per heavy atom. The fourth-order valence-corrected chi connectivity index (χ4v) is 1.54. The van der Waals surface area contributed by atoms with Crippen molar-refractivity contribution >= 4 is 5.95 Å². The number of hydrogen-bond donors (Lipinski definition) is 1. The molecular formula is C13H16N4. The first kappa shape index (κ1) is 11.5. The lowest BCUT2D eigenvalue weighted by atomic mass is 10.1. The molecule has 2 aromatic rings. The van der Waals surface area contributed by atoms with E-state index in [2.05, 4.69) is 9.97 Å². The maximum atomic E-state index is 5.57. The molecule has 1 aromatic carbocycles. The highest BCUT2D eigenvalue weighted by Gasteiger charge is 2.03. The highest BCUT2D eigenvalue weighted by molar-refractivity contribution is 5.60. The monoisotopic (exact) mass is 228 g/mol. The maximum Gasteiger partial charge on any atom is 0.225 e. The molecule has 0 bridgehead atoms. The quantitative estimate of drug-likeness (QED) is 0.868. The molecule has 0 atom stereocenters. The minimum atomic E-state index is 0.563. The Labute approximate surface area is 101 Å². The second-order valence-corrected chi connectivity index (χ2v) is 4.04. The van der Waals surface area contributed by atoms with Gasteiger partial charge >= 0.3 is 0 Å². The van der Waals surface area contributed by atoms with Gasteiger partial charge in [0.05, 0.1) is 5.69 Å². The van der Waals surface area contributed by atoms with Crippen molar-refractivity contribution in [1.82, 2.24) is 9.97 Å². The molecule has 1 aromatic heterocycles. The Hall–Kier alpha value is -1.94. The zero-order chi connectivity index (χ0) is 12.3. The van der Waals surface area contributed by atoms with E-state index < -0.39 is 0 Å². The molecule has 0 aliphatic rings. The van der Waals surface area contributed by atoms with Crippen LogP contribution in [0.1, 0.15) is 5.56 Å². The molecule has 0 unspecified atom stereocenters. The largest absolute Gasteiger partial charge is 0.347 e. The number of nitrogens with zero attached hydrogens (tertiary/aromatic N) is 3. The van der Waals surface area contributed by atoms with E-state index >= 15 is 0 Å². The summed E-state index contributed by atoms with van der Waals surface area (Å²) < 4.78 is 0. The molecule has 0 fully saturated rings. The van der Waals surface area contributed by atoms with Gasteiger partial charge in [-0.1, -0.05) is 24.3 Å². The Bertz CT molecular complexity index is 491. The molecule has 0 spiro atoms. The lowest BCUT2D eigenvalue weighted by Gasteiger charge is -2.10. The summed E-state index contributed by atoms with van der Waals surface area (Å²) in [6.45, 7) is 0.563. The van der Waals surface area contributed by atoms with Gasteiger partial charge < -0.3 is 10.6 Å². The summed E-state index contributed by atoms with van der Waals surface area (Å²) in [6.07, 6.45) is 1.77. The van der Waals surface area contributed by atoms with E-state index in [9.17, 15) is 0 Å². The Morgan fingerprint density at radius 3 is 2.41 bits per heavy atom. The summed E-state index contributed by atoms with van der Waals surface area (Å²) >= 11 is 0. The molecule has 4 nitrogen and oxygen atoms in total. The molecule has 17 heavy (non-hydrogen) atoms. The predicted molar refractivity (Wildman–Crippen MR) is 69.7 cm³/mol. The molecule has 0 aliphatic heterocycles. The van der Waals surface area contributed by atoms with Crippen LogP contribution in [0.2, 0.25) is 0 Å². The maximum absolute atomic E-state index is 5.57. The molecule has 2 N–H and O–H groups in total. The van der Waals surface area contributed by atoms with Crippen molar-refractivity contribution in [3.63, 3.8) is 0 Å². The van der Waals surface area contributed by atoms with Gasteiger partial charge in [-0.25, -0.2) is 9.97 Å². The van der Waals surface area contributed by atoms with Crippen LogP contribution in [0.4, 0.5) is 5.95 Å². The fraction of sp³-hybridized carbons (Fsp3) is 0.231. The molecule has 0 saturated carbocycles. The summed E-state index contributed by atoms with van der Waals surface area (Å²) in [7, 11) is 3.85. The van der Waals surface area contributed by atoms with Gasteiger partial charge in [0.15, 0.2) is 0 Å². The van der Waals surface area contributed by atoms with Crippen LogP contribution in [0, 0.1) is 0 Å². The minimum absolute atomic E-state index is 0.563. The van der Waals surface area contributed by atoms with Crippen LogP contribution in [0.25, 0.3) is 11.3 Å². The number of aromatic nitrogens is 2. The van der Waals surface area contributed by atoms with E-state index in [0.29, 0.717) is 12.5 Å². The molecule has 0 aliphatic carbocycles. The lowest BCUT2D eigenvalue weighted by molar-refractivity contribution is 1.00. The lowest BCUT2D eigenvalue weighted by Crippen LogP contribution is -2.12. The molecule has 0 amide bonds.